The molecule has 1 aromatic carbocycles. The van der Waals surface area contributed by atoms with E-state index in [9.17, 15) is 9.59 Å². The number of nitrogens with zero attached hydrogens (tertiary/aromatic N) is 3. The molecule has 7 nitrogen and oxygen atoms in total. The van der Waals surface area contributed by atoms with Crippen molar-refractivity contribution in [1.29, 1.82) is 0 Å². The number of anilines is 1. The molecule has 1 aliphatic rings. The molecule has 2 N–H and O–H groups in total. The molecule has 1 saturated heterocycles. The van der Waals surface area contributed by atoms with E-state index >= 15 is 0 Å². The van der Waals surface area contributed by atoms with E-state index in [0.29, 0.717) is 37.5 Å². The molecule has 0 radical (unpaired) electrons. The molecule has 1 aliphatic heterocycles. The third kappa shape index (κ3) is 8.22. The summed E-state index contributed by atoms with van der Waals surface area (Å²) in [4.78, 5) is 32.1. The first-order chi connectivity index (χ1) is 13.0. The monoisotopic (exact) mass is 521 g/mol. The minimum atomic E-state index is -0.0346. The van der Waals surface area contributed by atoms with E-state index in [4.69, 9.17) is 11.6 Å². The van der Waals surface area contributed by atoms with Crippen LogP contribution in [0, 0.1) is 0 Å². The number of carbonyl (C=O) groups excluding carboxylic acids is 2. The number of rotatable bonds is 6. The lowest BCUT2D eigenvalue weighted by molar-refractivity contribution is -0.130. The summed E-state index contributed by atoms with van der Waals surface area (Å²) in [6, 6.07) is 7.05. The molecular weight excluding hydrogens is 493 g/mol. The van der Waals surface area contributed by atoms with Gasteiger partial charge in [0.1, 0.15) is 0 Å². The molecule has 2 amide bonds. The van der Waals surface area contributed by atoms with Crippen LogP contribution in [0.2, 0.25) is 5.02 Å². The second-order valence-electron chi connectivity index (χ2n) is 6.39. The normalized spacial score (nSPS) is 14.3. The van der Waals surface area contributed by atoms with Crippen molar-refractivity contribution in [2.24, 2.45) is 4.99 Å². The summed E-state index contributed by atoms with van der Waals surface area (Å²) in [5.41, 5.74) is 0.740. The Hall–Kier alpha value is -1.55. The number of piperazine rings is 1. The molecule has 0 atom stereocenters. The average Bonchev–Trinajstić information content (AvgIpc) is 2.66. The van der Waals surface area contributed by atoms with Gasteiger partial charge in [0.2, 0.25) is 11.8 Å². The van der Waals surface area contributed by atoms with E-state index in [1.165, 1.54) is 0 Å². The minimum absolute atomic E-state index is 0. The van der Waals surface area contributed by atoms with E-state index in [-0.39, 0.29) is 35.8 Å². The molecule has 9 heteroatoms. The van der Waals surface area contributed by atoms with Gasteiger partial charge in [-0.3, -0.25) is 14.6 Å². The summed E-state index contributed by atoms with van der Waals surface area (Å²) >= 11 is 5.84. The van der Waals surface area contributed by atoms with Crippen molar-refractivity contribution in [3.63, 3.8) is 0 Å². The predicted molar refractivity (Wildman–Crippen MR) is 125 cm³/mol. The standard InChI is InChI=1S/C19H28ClN5O2.HI/c1-3-21-19(25-13-11-24(12-14-25)15(2)26)22-10-4-5-18(27)23-17-8-6-16(20)7-9-17;/h6-9H,3-5,10-14H2,1-2H3,(H,21,22)(H,23,27);1H. The number of halogens is 2. The van der Waals surface area contributed by atoms with Crippen LogP contribution < -0.4 is 10.6 Å². The Morgan fingerprint density at radius 3 is 2.29 bits per heavy atom. The SMILES string of the molecule is CCNC(=NCCCC(=O)Nc1ccc(Cl)cc1)N1CCN(C(C)=O)CC1.I. The molecule has 1 fully saturated rings. The zero-order chi connectivity index (χ0) is 19.6. The van der Waals surface area contributed by atoms with E-state index < -0.39 is 0 Å². The smallest absolute Gasteiger partial charge is 0.224 e. The van der Waals surface area contributed by atoms with Gasteiger partial charge >= 0.3 is 0 Å². The Bertz CT molecular complexity index is 661. The Balaban J connectivity index is 0.00000392. The van der Waals surface area contributed by atoms with Gasteiger partial charge in [0.25, 0.3) is 0 Å². The van der Waals surface area contributed by atoms with Gasteiger partial charge in [0.15, 0.2) is 5.96 Å². The summed E-state index contributed by atoms with van der Waals surface area (Å²) < 4.78 is 0. The predicted octanol–water partition coefficient (Wildman–Crippen LogP) is 2.81. The van der Waals surface area contributed by atoms with Crippen molar-refractivity contribution in [3.8, 4) is 0 Å². The van der Waals surface area contributed by atoms with E-state index in [0.717, 1.165) is 31.3 Å². The molecule has 0 aromatic heterocycles. The molecule has 0 aliphatic carbocycles. The molecular formula is C19H29ClIN5O2. The van der Waals surface area contributed by atoms with Crippen molar-refractivity contribution in [3.05, 3.63) is 29.3 Å². The highest BCUT2D eigenvalue weighted by molar-refractivity contribution is 14.0. The number of nitrogens with one attached hydrogen (secondary N) is 2. The van der Waals surface area contributed by atoms with Crippen molar-refractivity contribution < 1.29 is 9.59 Å². The highest BCUT2D eigenvalue weighted by Crippen LogP contribution is 2.13. The van der Waals surface area contributed by atoms with Gasteiger partial charge in [0.05, 0.1) is 0 Å². The summed E-state index contributed by atoms with van der Waals surface area (Å²) in [6.45, 7) is 7.94. The Labute approximate surface area is 188 Å². The Morgan fingerprint density at radius 2 is 1.71 bits per heavy atom. The number of guanidine groups is 1. The molecule has 1 aromatic rings. The lowest BCUT2D eigenvalue weighted by Crippen LogP contribution is -2.53. The number of aliphatic imine (C=N–C) groups is 1. The van der Waals surface area contributed by atoms with Crippen LogP contribution in [-0.2, 0) is 9.59 Å². The van der Waals surface area contributed by atoms with Crippen LogP contribution in [0.15, 0.2) is 29.3 Å². The molecule has 156 valence electrons. The van der Waals surface area contributed by atoms with Crippen LogP contribution in [0.3, 0.4) is 0 Å². The zero-order valence-electron chi connectivity index (χ0n) is 16.4. The second kappa shape index (κ2) is 12.8. The molecule has 1 heterocycles. The second-order valence-corrected chi connectivity index (χ2v) is 6.82. The van der Waals surface area contributed by atoms with Gasteiger partial charge in [-0.25, -0.2) is 0 Å². The number of amides is 2. The molecule has 0 unspecified atom stereocenters. The van der Waals surface area contributed by atoms with E-state index in [1.807, 2.05) is 11.8 Å². The fourth-order valence-electron chi connectivity index (χ4n) is 2.84. The fraction of sp³-hybridized carbons (Fsp3) is 0.526. The number of carbonyl (C=O) groups is 2. The summed E-state index contributed by atoms with van der Waals surface area (Å²) in [5, 5.41) is 6.78. The van der Waals surface area contributed by atoms with Gasteiger partial charge < -0.3 is 20.4 Å². The first kappa shape index (κ1) is 24.5. The molecule has 0 saturated carbocycles. The molecule has 0 bridgehead atoms. The van der Waals surface area contributed by atoms with Gasteiger partial charge in [-0.05, 0) is 37.6 Å². The topological polar surface area (TPSA) is 77.0 Å². The van der Waals surface area contributed by atoms with Crippen molar-refractivity contribution >= 4 is 59.0 Å². The highest BCUT2D eigenvalue weighted by Gasteiger charge is 2.20. The highest BCUT2D eigenvalue weighted by atomic mass is 127. The Morgan fingerprint density at radius 1 is 1.11 bits per heavy atom. The van der Waals surface area contributed by atoms with Crippen molar-refractivity contribution in [1.82, 2.24) is 15.1 Å². The lowest BCUT2D eigenvalue weighted by Gasteiger charge is -2.36. The summed E-state index contributed by atoms with van der Waals surface area (Å²) in [6.07, 6.45) is 1.07. The quantitative estimate of drug-likeness (QED) is 0.261. The molecule has 2 rings (SSSR count). The average molecular weight is 522 g/mol. The first-order valence-electron chi connectivity index (χ1n) is 9.33. The third-order valence-corrected chi connectivity index (χ3v) is 4.56. The lowest BCUT2D eigenvalue weighted by atomic mass is 10.2. The first-order valence-corrected chi connectivity index (χ1v) is 9.71. The van der Waals surface area contributed by atoms with Crippen LogP contribution in [0.25, 0.3) is 0 Å². The van der Waals surface area contributed by atoms with E-state index in [1.54, 1.807) is 31.2 Å². The van der Waals surface area contributed by atoms with Crippen LogP contribution in [-0.4, -0.2) is 66.8 Å². The maximum Gasteiger partial charge on any atom is 0.224 e. The van der Waals surface area contributed by atoms with Gasteiger partial charge in [0, 0.05) is 63.3 Å². The van der Waals surface area contributed by atoms with Crippen molar-refractivity contribution in [2.75, 3.05) is 44.6 Å². The van der Waals surface area contributed by atoms with Crippen molar-refractivity contribution in [2.45, 2.75) is 26.7 Å². The van der Waals surface area contributed by atoms with Gasteiger partial charge in [-0.1, -0.05) is 11.6 Å². The fourth-order valence-corrected chi connectivity index (χ4v) is 2.97. The van der Waals surface area contributed by atoms with Gasteiger partial charge in [-0.2, -0.15) is 0 Å². The summed E-state index contributed by atoms with van der Waals surface area (Å²) in [5.74, 6) is 0.926. The number of hydrogen-bond donors (Lipinski definition) is 2. The van der Waals surface area contributed by atoms with Crippen LogP contribution in [0.5, 0.6) is 0 Å². The largest absolute Gasteiger partial charge is 0.357 e. The number of benzene rings is 1. The van der Waals surface area contributed by atoms with Gasteiger partial charge in [-0.15, -0.1) is 24.0 Å². The van der Waals surface area contributed by atoms with E-state index in [2.05, 4.69) is 20.5 Å². The zero-order valence-corrected chi connectivity index (χ0v) is 19.5. The maximum atomic E-state index is 12.0. The molecule has 28 heavy (non-hydrogen) atoms. The third-order valence-electron chi connectivity index (χ3n) is 4.31. The summed E-state index contributed by atoms with van der Waals surface area (Å²) in [7, 11) is 0. The maximum absolute atomic E-state index is 12.0. The van der Waals surface area contributed by atoms with Crippen LogP contribution >= 0.6 is 35.6 Å². The van der Waals surface area contributed by atoms with Crippen LogP contribution in [0.4, 0.5) is 5.69 Å². The molecule has 0 spiro atoms. The van der Waals surface area contributed by atoms with Crippen LogP contribution in [0.1, 0.15) is 26.7 Å². The number of hydrogen-bond acceptors (Lipinski definition) is 3. The minimum Gasteiger partial charge on any atom is -0.357 e. The Kier molecular flexibility index (Phi) is 11.2.